The molecule has 2 N–H and O–H groups in total. The fourth-order valence-corrected chi connectivity index (χ4v) is 6.21. The number of aromatic nitrogens is 3. The summed E-state index contributed by atoms with van der Waals surface area (Å²) in [6, 6.07) is 6.90. The van der Waals surface area contributed by atoms with Gasteiger partial charge in [-0.25, -0.2) is 13.8 Å². The molecule has 0 bridgehead atoms. The largest absolute Gasteiger partial charge is 0.485 e. The minimum Gasteiger partial charge on any atom is -0.485 e. The molecule has 0 radical (unpaired) electrons. The number of nitrogens with one attached hydrogen (secondary N) is 2. The number of imide groups is 1. The Labute approximate surface area is 356 Å². The van der Waals surface area contributed by atoms with Gasteiger partial charge < -0.3 is 38.3 Å². The number of H-pyrrole nitrogens is 1. The van der Waals surface area contributed by atoms with Crippen LogP contribution in [0.5, 0.6) is 11.6 Å². The van der Waals surface area contributed by atoms with E-state index < -0.39 is 58.8 Å². The van der Waals surface area contributed by atoms with Crippen molar-refractivity contribution in [2.75, 3.05) is 73.1 Å². The maximum absolute atomic E-state index is 15.4. The van der Waals surface area contributed by atoms with Crippen LogP contribution < -0.4 is 14.8 Å². The molecule has 3 amide bonds. The second kappa shape index (κ2) is 25.5. The standard InChI is InChI=1S/C41H46F3N5O10.C2H3N/c1-26(3-7-34(52)47-25-51)49(2)41(53)36-31(24-50)37(42)39(44)40(38(36)43)59-20-18-57-16-14-55-12-11-54-13-15-56-17-19-58-35-8-5-28(22-46-35)27-4-6-29-30-23-45-10-9-32(30)48-33(29)21-27;1-2-3/h4-6,8-10,22-27,48H,3,7,11-21H2,1-2H3,(H,47,51,52);1H3. The molecule has 0 fully saturated rings. The molecular weight excluding hydrogens is 817 g/mol. The number of halogens is 3. The van der Waals surface area contributed by atoms with E-state index in [0.717, 1.165) is 27.8 Å². The summed E-state index contributed by atoms with van der Waals surface area (Å²) in [6.45, 7) is 4.62. The molecular formula is C43H49F3N6O10. The number of fused-ring (bicyclic) bond motifs is 3. The second-order valence-electron chi connectivity index (χ2n) is 13.6. The van der Waals surface area contributed by atoms with Gasteiger partial charge in [0.05, 0.1) is 70.1 Å². The Morgan fingerprint density at radius 2 is 1.56 bits per heavy atom. The number of rotatable bonds is 25. The van der Waals surface area contributed by atoms with Crippen LogP contribution in [0, 0.1) is 28.8 Å². The van der Waals surface area contributed by atoms with Gasteiger partial charge in [-0.2, -0.15) is 9.65 Å². The Balaban J connectivity index is 0.00000273. The topological polar surface area (TPSA) is 204 Å². The number of allylic oxidation sites excluding steroid dienone is 1. The first-order valence-electron chi connectivity index (χ1n) is 19.7. The van der Waals surface area contributed by atoms with Crippen molar-refractivity contribution in [2.24, 2.45) is 0 Å². The van der Waals surface area contributed by atoms with Gasteiger partial charge in [-0.1, -0.05) is 18.2 Å². The monoisotopic (exact) mass is 866 g/mol. The van der Waals surface area contributed by atoms with E-state index in [2.05, 4.69) is 27.1 Å². The quantitative estimate of drug-likeness (QED) is 0.0506. The number of hydrogen-bond acceptors (Lipinski definition) is 13. The molecule has 1 aromatic carbocycles. The van der Waals surface area contributed by atoms with Crippen LogP contribution in [0.3, 0.4) is 0 Å². The molecule has 2 atom stereocenters. The van der Waals surface area contributed by atoms with Gasteiger partial charge in [0, 0.05) is 79.2 Å². The average Bonchev–Trinajstić information content (AvgIpc) is 3.65. The lowest BCUT2D eigenvalue weighted by Crippen LogP contribution is -2.37. The Kier molecular flexibility index (Phi) is 20.0. The number of amides is 3. The predicted octanol–water partition coefficient (Wildman–Crippen LogP) is 5.11. The van der Waals surface area contributed by atoms with Gasteiger partial charge in [0.15, 0.2) is 23.7 Å². The molecule has 19 heteroatoms. The van der Waals surface area contributed by atoms with Gasteiger partial charge in [-0.05, 0) is 31.4 Å². The zero-order chi connectivity index (χ0) is 44.9. The minimum atomic E-state index is -1.78. The van der Waals surface area contributed by atoms with E-state index in [1.54, 1.807) is 12.3 Å². The summed E-state index contributed by atoms with van der Waals surface area (Å²) in [6.07, 6.45) is 10.6. The van der Waals surface area contributed by atoms with Gasteiger partial charge in [0.2, 0.25) is 24.0 Å². The highest BCUT2D eigenvalue weighted by Gasteiger charge is 2.32. The van der Waals surface area contributed by atoms with Crippen molar-refractivity contribution in [3.8, 4) is 17.7 Å². The van der Waals surface area contributed by atoms with Crippen LogP contribution in [0.1, 0.15) is 70.1 Å². The van der Waals surface area contributed by atoms with Crippen LogP contribution in [0.2, 0.25) is 0 Å². The van der Waals surface area contributed by atoms with Gasteiger partial charge in [-0.3, -0.25) is 29.5 Å². The second-order valence-corrected chi connectivity index (χ2v) is 13.6. The summed E-state index contributed by atoms with van der Waals surface area (Å²) < 4.78 is 77.4. The first-order chi connectivity index (χ1) is 30.1. The highest BCUT2D eigenvalue weighted by atomic mass is 19.2. The normalized spacial score (nSPS) is 13.3. The minimum absolute atomic E-state index is 0.0512. The molecule has 2 unspecified atom stereocenters. The summed E-state index contributed by atoms with van der Waals surface area (Å²) in [5, 5.41) is 10.4. The van der Waals surface area contributed by atoms with Crippen LogP contribution >= 0.6 is 0 Å². The molecule has 62 heavy (non-hydrogen) atoms. The molecule has 0 spiro atoms. The molecule has 3 heterocycles. The number of benzene rings is 1. The number of carbonyl (C=O) groups excluding carboxylic acids is 4. The van der Waals surface area contributed by atoms with Crippen molar-refractivity contribution in [3.05, 3.63) is 88.3 Å². The number of pyridine rings is 2. The van der Waals surface area contributed by atoms with E-state index in [1.807, 2.05) is 35.9 Å². The van der Waals surface area contributed by atoms with Crippen LogP contribution in [0.25, 0.3) is 17.0 Å². The third-order valence-corrected chi connectivity index (χ3v) is 9.54. The van der Waals surface area contributed by atoms with Crippen LogP contribution in [0.15, 0.2) is 42.9 Å². The maximum atomic E-state index is 15.4. The molecule has 1 aliphatic carbocycles. The lowest BCUT2D eigenvalue weighted by molar-refractivity contribution is -0.125. The molecule has 1 aliphatic rings. The van der Waals surface area contributed by atoms with E-state index in [-0.39, 0.29) is 57.9 Å². The Hall–Kier alpha value is -6.20. The third kappa shape index (κ3) is 13.7. The summed E-state index contributed by atoms with van der Waals surface area (Å²) in [5.74, 6) is -7.30. The molecule has 16 nitrogen and oxygen atoms in total. The van der Waals surface area contributed by atoms with Crippen LogP contribution in [0.4, 0.5) is 13.2 Å². The first kappa shape index (κ1) is 48.5. The van der Waals surface area contributed by atoms with Gasteiger partial charge in [0.1, 0.15) is 13.2 Å². The number of nitrogens with zero attached hydrogens (tertiary/aromatic N) is 4. The molecule has 0 saturated carbocycles. The predicted molar refractivity (Wildman–Crippen MR) is 218 cm³/mol. The summed E-state index contributed by atoms with van der Waals surface area (Å²) in [7, 11) is 1.24. The third-order valence-electron chi connectivity index (χ3n) is 9.54. The lowest BCUT2D eigenvalue weighted by atomic mass is 9.89. The molecule has 0 saturated heterocycles. The average molecular weight is 867 g/mol. The van der Waals surface area contributed by atoms with E-state index in [9.17, 15) is 28.0 Å². The fourth-order valence-electron chi connectivity index (χ4n) is 6.21. The molecule has 0 aliphatic heterocycles. The molecule has 332 valence electrons. The van der Waals surface area contributed by atoms with Crippen molar-refractivity contribution >= 4 is 41.5 Å². The van der Waals surface area contributed by atoms with E-state index in [1.165, 1.54) is 32.2 Å². The summed E-state index contributed by atoms with van der Waals surface area (Å²) in [5.41, 5.74) is 2.42. The summed E-state index contributed by atoms with van der Waals surface area (Å²) in [4.78, 5) is 59.8. The number of carbonyl (C=O) groups is 4. The van der Waals surface area contributed by atoms with Crippen molar-refractivity contribution in [1.82, 2.24) is 25.2 Å². The highest BCUT2D eigenvalue weighted by Crippen LogP contribution is 2.34. The lowest BCUT2D eigenvalue weighted by Gasteiger charge is -2.26. The molecule has 5 rings (SSSR count). The van der Waals surface area contributed by atoms with Crippen molar-refractivity contribution in [1.29, 1.82) is 5.26 Å². The van der Waals surface area contributed by atoms with Crippen molar-refractivity contribution < 1.29 is 60.8 Å². The Morgan fingerprint density at radius 3 is 2.16 bits per heavy atom. The number of nitriles is 1. The highest BCUT2D eigenvalue weighted by molar-refractivity contribution is 6.02. The number of aromatic amines is 1. The van der Waals surface area contributed by atoms with Crippen molar-refractivity contribution in [3.63, 3.8) is 0 Å². The number of aldehydes is 1. The smallest absolute Gasteiger partial charge is 0.257 e. The number of ether oxygens (including phenoxy) is 6. The molecule has 3 aromatic heterocycles. The zero-order valence-corrected chi connectivity index (χ0v) is 34.6. The van der Waals surface area contributed by atoms with E-state index in [0.29, 0.717) is 38.9 Å². The first-order valence-corrected chi connectivity index (χ1v) is 19.7. The van der Waals surface area contributed by atoms with Gasteiger partial charge in [-0.15, -0.1) is 0 Å². The Morgan fingerprint density at radius 1 is 0.935 bits per heavy atom. The SMILES string of the molecule is CC#N.CC(CCC(=O)NC=O)N(C)C(=O)c1c(F)c(OCCOCCOCCOCCOCCOc2ccc(C3C=Cc4c([nH]c5ccncc45)C3)cn2)c(F)c(F)c1C=O. The Bertz CT molecular complexity index is 2180. The number of hydrogen-bond donors (Lipinski definition) is 2. The van der Waals surface area contributed by atoms with Gasteiger partial charge in [0.25, 0.3) is 5.91 Å². The van der Waals surface area contributed by atoms with Crippen molar-refractivity contribution in [2.45, 2.75) is 45.1 Å². The summed E-state index contributed by atoms with van der Waals surface area (Å²) >= 11 is 0. The van der Waals surface area contributed by atoms with Gasteiger partial charge >= 0.3 is 0 Å². The van der Waals surface area contributed by atoms with E-state index >= 15 is 4.39 Å². The van der Waals surface area contributed by atoms with Crippen LogP contribution in [-0.4, -0.2) is 124 Å². The van der Waals surface area contributed by atoms with Crippen LogP contribution in [-0.2, 0) is 35.0 Å². The maximum Gasteiger partial charge on any atom is 0.257 e. The molecule has 4 aromatic rings. The zero-order valence-electron chi connectivity index (χ0n) is 34.6. The fraction of sp³-hybridized carbons (Fsp3) is 0.419. The van der Waals surface area contributed by atoms with E-state index in [4.69, 9.17) is 33.7 Å².